The van der Waals surface area contributed by atoms with Gasteiger partial charge in [0.1, 0.15) is 0 Å². The van der Waals surface area contributed by atoms with Crippen LogP contribution in [0.2, 0.25) is 0 Å². The molecular weight excluding hydrogens is 401 g/mol. The average molecular weight is 407 g/mol. The molecule has 0 aliphatic rings. The molecule has 3 rings (SSSR count). The number of benzene rings is 1. The monoisotopic (exact) mass is 406 g/mol. The maximum absolute atomic E-state index is 12.9. The molecule has 1 N–H and O–H groups in total. The Morgan fingerprint density at radius 3 is 2.59 bits per heavy atom. The Labute approximate surface area is 138 Å². The number of hydrogen-bond donors (Lipinski definition) is 1. The van der Waals surface area contributed by atoms with Crippen LogP contribution in [-0.4, -0.2) is 10.9 Å². The van der Waals surface area contributed by atoms with Gasteiger partial charge in [0.15, 0.2) is 5.13 Å². The molecule has 3 nitrogen and oxygen atoms in total. The minimum Gasteiger partial charge on any atom is -0.297 e. The first-order chi connectivity index (χ1) is 10.3. The topological polar surface area (TPSA) is 42.0 Å². The summed E-state index contributed by atoms with van der Waals surface area (Å²) in [6.45, 7) is 0. The Balaban J connectivity index is 1.94. The Morgan fingerprint density at radius 1 is 1.18 bits per heavy atom. The van der Waals surface area contributed by atoms with E-state index in [1.807, 2.05) is 0 Å². The van der Waals surface area contributed by atoms with Crippen molar-refractivity contribution >= 4 is 59.9 Å². The summed E-state index contributed by atoms with van der Waals surface area (Å²) in [5.74, 6) is -0.400. The van der Waals surface area contributed by atoms with Gasteiger partial charge in [0.2, 0.25) is 0 Å². The van der Waals surface area contributed by atoms with Crippen molar-refractivity contribution in [2.45, 2.75) is 6.18 Å². The van der Waals surface area contributed by atoms with E-state index in [-0.39, 0.29) is 10.6 Å². The number of rotatable bonds is 2. The van der Waals surface area contributed by atoms with Gasteiger partial charge in [-0.1, -0.05) is 17.4 Å². The van der Waals surface area contributed by atoms with Gasteiger partial charge in [-0.15, -0.1) is 11.3 Å². The summed E-state index contributed by atoms with van der Waals surface area (Å²) in [5, 5.41) is 2.67. The molecule has 0 saturated carbocycles. The number of amides is 1. The Bertz CT molecular complexity index is 856. The maximum Gasteiger partial charge on any atom is 0.418 e. The first-order valence-electron chi connectivity index (χ1n) is 5.88. The SMILES string of the molecule is O=C(Nc1nc2c(C(F)(F)F)cccc2s1)c1ccc(Br)s1. The molecule has 1 amide bonds. The van der Waals surface area contributed by atoms with Gasteiger partial charge in [0.05, 0.1) is 24.4 Å². The van der Waals surface area contributed by atoms with E-state index < -0.39 is 17.6 Å². The summed E-state index contributed by atoms with van der Waals surface area (Å²) in [6.07, 6.45) is -4.48. The summed E-state index contributed by atoms with van der Waals surface area (Å²) in [7, 11) is 0. The number of carbonyl (C=O) groups is 1. The van der Waals surface area contributed by atoms with E-state index in [0.29, 0.717) is 9.58 Å². The molecule has 0 spiro atoms. The van der Waals surface area contributed by atoms with Gasteiger partial charge in [-0.2, -0.15) is 13.2 Å². The van der Waals surface area contributed by atoms with Crippen LogP contribution in [0.4, 0.5) is 18.3 Å². The van der Waals surface area contributed by atoms with E-state index in [9.17, 15) is 18.0 Å². The van der Waals surface area contributed by atoms with E-state index in [4.69, 9.17) is 0 Å². The molecule has 114 valence electrons. The maximum atomic E-state index is 12.9. The highest BCUT2D eigenvalue weighted by molar-refractivity contribution is 9.11. The van der Waals surface area contributed by atoms with Gasteiger partial charge in [0.25, 0.3) is 5.91 Å². The molecule has 2 aromatic heterocycles. The van der Waals surface area contributed by atoms with Crippen LogP contribution < -0.4 is 5.32 Å². The minimum atomic E-state index is -4.48. The standard InChI is InChI=1S/C13H6BrF3N2OS2/c14-9-5-4-8(21-9)11(20)19-12-18-10-6(13(15,16)17)2-1-3-7(10)22-12/h1-5H,(H,18,19,20). The fourth-order valence-electron chi connectivity index (χ4n) is 1.83. The van der Waals surface area contributed by atoms with Crippen LogP contribution >= 0.6 is 38.6 Å². The van der Waals surface area contributed by atoms with Gasteiger partial charge in [-0.05, 0) is 40.2 Å². The summed E-state index contributed by atoms with van der Waals surface area (Å²) in [4.78, 5) is 16.4. The van der Waals surface area contributed by atoms with E-state index in [1.54, 1.807) is 18.2 Å². The number of fused-ring (bicyclic) bond motifs is 1. The Hall–Kier alpha value is -1.45. The molecule has 0 saturated heterocycles. The van der Waals surface area contributed by atoms with Crippen molar-refractivity contribution < 1.29 is 18.0 Å². The number of anilines is 1. The highest BCUT2D eigenvalue weighted by Gasteiger charge is 2.33. The number of thiazole rings is 1. The quantitative estimate of drug-likeness (QED) is 0.619. The second-order valence-electron chi connectivity index (χ2n) is 4.23. The summed E-state index contributed by atoms with van der Waals surface area (Å²) < 4.78 is 40.0. The molecule has 0 aliphatic heterocycles. The highest BCUT2D eigenvalue weighted by atomic mass is 79.9. The smallest absolute Gasteiger partial charge is 0.297 e. The van der Waals surface area contributed by atoms with E-state index in [0.717, 1.165) is 21.2 Å². The van der Waals surface area contributed by atoms with Crippen LogP contribution in [-0.2, 0) is 6.18 Å². The Kier molecular flexibility index (Phi) is 3.96. The summed E-state index contributed by atoms with van der Waals surface area (Å²) in [6, 6.07) is 7.19. The lowest BCUT2D eigenvalue weighted by atomic mass is 10.2. The number of halogens is 4. The average Bonchev–Trinajstić information content (AvgIpc) is 3.02. The molecule has 0 radical (unpaired) electrons. The fraction of sp³-hybridized carbons (Fsp3) is 0.0769. The van der Waals surface area contributed by atoms with Crippen molar-refractivity contribution in [3.63, 3.8) is 0 Å². The van der Waals surface area contributed by atoms with Crippen LogP contribution in [0.25, 0.3) is 10.2 Å². The first-order valence-corrected chi connectivity index (χ1v) is 8.30. The zero-order valence-electron chi connectivity index (χ0n) is 10.6. The number of aromatic nitrogens is 1. The molecule has 0 fully saturated rings. The number of nitrogens with zero attached hydrogens (tertiary/aromatic N) is 1. The van der Waals surface area contributed by atoms with Crippen molar-refractivity contribution in [2.75, 3.05) is 5.32 Å². The number of alkyl halides is 3. The molecule has 3 aromatic rings. The lowest BCUT2D eigenvalue weighted by Gasteiger charge is -2.06. The number of nitrogens with one attached hydrogen (secondary N) is 1. The van der Waals surface area contributed by atoms with Crippen LogP contribution in [0.3, 0.4) is 0 Å². The zero-order valence-corrected chi connectivity index (χ0v) is 13.8. The molecule has 9 heteroatoms. The number of hydrogen-bond acceptors (Lipinski definition) is 4. The Morgan fingerprint density at radius 2 is 1.95 bits per heavy atom. The third kappa shape index (κ3) is 3.01. The van der Waals surface area contributed by atoms with Crippen molar-refractivity contribution in [1.29, 1.82) is 0 Å². The van der Waals surface area contributed by atoms with E-state index in [1.165, 1.54) is 17.4 Å². The van der Waals surface area contributed by atoms with Gasteiger partial charge in [-0.3, -0.25) is 10.1 Å². The fourth-order valence-corrected chi connectivity index (χ4v) is 3.99. The molecule has 0 atom stereocenters. The van der Waals surface area contributed by atoms with Crippen LogP contribution in [0.1, 0.15) is 15.2 Å². The molecule has 1 aromatic carbocycles. The van der Waals surface area contributed by atoms with Crippen LogP contribution in [0.5, 0.6) is 0 Å². The van der Waals surface area contributed by atoms with Crippen LogP contribution in [0, 0.1) is 0 Å². The molecular formula is C13H6BrF3N2OS2. The lowest BCUT2D eigenvalue weighted by Crippen LogP contribution is -2.10. The third-order valence-corrected chi connectivity index (χ3v) is 5.30. The number of thiophene rings is 1. The minimum absolute atomic E-state index is 0.140. The number of para-hydroxylation sites is 1. The van der Waals surface area contributed by atoms with Crippen molar-refractivity contribution in [3.05, 3.63) is 44.6 Å². The second kappa shape index (κ2) is 5.64. The molecule has 0 aliphatic carbocycles. The largest absolute Gasteiger partial charge is 0.418 e. The summed E-state index contributed by atoms with van der Waals surface area (Å²) >= 11 is 5.48. The first kappa shape index (κ1) is 15.4. The second-order valence-corrected chi connectivity index (χ2v) is 7.72. The van der Waals surface area contributed by atoms with Crippen molar-refractivity contribution in [1.82, 2.24) is 4.98 Å². The summed E-state index contributed by atoms with van der Waals surface area (Å²) in [5.41, 5.74) is -0.955. The normalized spacial score (nSPS) is 11.8. The lowest BCUT2D eigenvalue weighted by molar-refractivity contribution is -0.136. The predicted molar refractivity (Wildman–Crippen MR) is 84.6 cm³/mol. The third-order valence-electron chi connectivity index (χ3n) is 2.74. The van der Waals surface area contributed by atoms with Gasteiger partial charge in [-0.25, -0.2) is 4.98 Å². The molecule has 0 bridgehead atoms. The van der Waals surface area contributed by atoms with Crippen molar-refractivity contribution in [3.8, 4) is 0 Å². The van der Waals surface area contributed by atoms with E-state index in [2.05, 4.69) is 26.2 Å². The van der Waals surface area contributed by atoms with Gasteiger partial charge in [0, 0.05) is 0 Å². The molecule has 0 unspecified atom stereocenters. The van der Waals surface area contributed by atoms with E-state index >= 15 is 0 Å². The van der Waals surface area contributed by atoms with Gasteiger partial charge < -0.3 is 0 Å². The molecule has 22 heavy (non-hydrogen) atoms. The number of carbonyl (C=O) groups excluding carboxylic acids is 1. The highest BCUT2D eigenvalue weighted by Crippen LogP contribution is 2.37. The van der Waals surface area contributed by atoms with Crippen molar-refractivity contribution in [2.24, 2.45) is 0 Å². The predicted octanol–water partition coefficient (Wildman–Crippen LogP) is 5.39. The zero-order chi connectivity index (χ0) is 15.9. The van der Waals surface area contributed by atoms with Gasteiger partial charge >= 0.3 is 6.18 Å². The van der Waals surface area contributed by atoms with Crippen LogP contribution in [0.15, 0.2) is 34.1 Å². The molecule has 2 heterocycles.